The zero-order valence-electron chi connectivity index (χ0n) is 22.7. The Morgan fingerprint density at radius 1 is 1.20 bits per heavy atom. The molecule has 1 N–H and O–H groups in total. The quantitative estimate of drug-likeness (QED) is 0.169. The number of nitrogens with zero attached hydrogens (tertiary/aromatic N) is 2. The van der Waals surface area contributed by atoms with Gasteiger partial charge in [0.05, 0.1) is 30.5 Å². The number of anilines is 1. The fourth-order valence-electron chi connectivity index (χ4n) is 4.94. The third kappa shape index (κ3) is 4.95. The lowest BCUT2D eigenvalue weighted by Crippen LogP contribution is -2.29. The lowest BCUT2D eigenvalue weighted by Gasteiger charge is -2.23. The largest absolute Gasteiger partial charge is 0.507 e. The molecule has 0 spiro atoms. The Hall–Kier alpha value is -4.18. The van der Waals surface area contributed by atoms with Crippen molar-refractivity contribution in [3.05, 3.63) is 75.3 Å². The number of carbonyl (C=O) groups is 3. The first-order valence-corrected chi connectivity index (χ1v) is 14.0. The van der Waals surface area contributed by atoms with E-state index in [0.717, 1.165) is 29.1 Å². The maximum absolute atomic E-state index is 13.6. The van der Waals surface area contributed by atoms with Crippen LogP contribution < -0.4 is 14.4 Å². The third-order valence-corrected chi connectivity index (χ3v) is 7.85. The maximum atomic E-state index is 13.6. The number of hydrogen-bond acceptors (Lipinski definition) is 9. The Kier molecular flexibility index (Phi) is 7.62. The Bertz CT molecular complexity index is 1530. The molecule has 2 aliphatic heterocycles. The molecule has 1 fully saturated rings. The summed E-state index contributed by atoms with van der Waals surface area (Å²) in [6.07, 6.45) is 1.48. The predicted octanol–water partition coefficient (Wildman–Crippen LogP) is 5.37. The van der Waals surface area contributed by atoms with Crippen LogP contribution in [0, 0.1) is 6.92 Å². The van der Waals surface area contributed by atoms with Gasteiger partial charge in [-0.05, 0) is 68.7 Å². The van der Waals surface area contributed by atoms with E-state index in [0.29, 0.717) is 35.6 Å². The van der Waals surface area contributed by atoms with E-state index >= 15 is 0 Å². The molecule has 1 aromatic heterocycles. The number of aliphatic hydroxyl groups is 1. The summed E-state index contributed by atoms with van der Waals surface area (Å²) in [7, 11) is 0. The number of fused-ring (bicyclic) bond motifs is 1. The second-order valence-electron chi connectivity index (χ2n) is 9.68. The molecule has 2 atom stereocenters. The number of aliphatic hydroxyl groups excluding tert-OH is 1. The van der Waals surface area contributed by atoms with Gasteiger partial charge in [0.2, 0.25) is 0 Å². The highest BCUT2D eigenvalue weighted by molar-refractivity contribution is 7.17. The fourth-order valence-corrected chi connectivity index (χ4v) is 5.92. The summed E-state index contributed by atoms with van der Waals surface area (Å²) in [5.74, 6) is -1.26. The van der Waals surface area contributed by atoms with Crippen LogP contribution in [0.5, 0.6) is 11.5 Å². The van der Waals surface area contributed by atoms with Crippen LogP contribution in [0.15, 0.2) is 48.0 Å². The number of thiazole rings is 1. The normalized spacial score (nSPS) is 19.4. The number of rotatable bonds is 8. The van der Waals surface area contributed by atoms with Crippen LogP contribution in [0.3, 0.4) is 0 Å². The van der Waals surface area contributed by atoms with Gasteiger partial charge in [-0.2, -0.15) is 0 Å². The summed E-state index contributed by atoms with van der Waals surface area (Å²) in [5, 5.41) is 11.7. The van der Waals surface area contributed by atoms with Crippen molar-refractivity contribution in [3.63, 3.8) is 0 Å². The molecule has 2 aliphatic rings. The first-order valence-electron chi connectivity index (χ1n) is 13.2. The van der Waals surface area contributed by atoms with E-state index in [9.17, 15) is 19.5 Å². The smallest absolute Gasteiger partial charge is 0.350 e. The number of benzene rings is 2. The van der Waals surface area contributed by atoms with E-state index in [4.69, 9.17) is 14.2 Å². The van der Waals surface area contributed by atoms with Gasteiger partial charge in [-0.3, -0.25) is 14.5 Å². The minimum absolute atomic E-state index is 0.00516. The van der Waals surface area contributed by atoms with Crippen LogP contribution in [0.4, 0.5) is 5.13 Å². The number of carbonyl (C=O) groups excluding carboxylic acids is 3. The van der Waals surface area contributed by atoms with Crippen molar-refractivity contribution in [1.29, 1.82) is 0 Å². The molecule has 0 aliphatic carbocycles. The molecule has 3 aromatic rings. The van der Waals surface area contributed by atoms with Gasteiger partial charge in [-0.1, -0.05) is 30.4 Å². The van der Waals surface area contributed by atoms with Gasteiger partial charge in [-0.15, -0.1) is 0 Å². The molecule has 9 nitrogen and oxygen atoms in total. The summed E-state index contributed by atoms with van der Waals surface area (Å²) in [4.78, 5) is 45.6. The topological polar surface area (TPSA) is 115 Å². The van der Waals surface area contributed by atoms with Crippen LogP contribution in [-0.2, 0) is 20.7 Å². The molecule has 2 aromatic carbocycles. The molecule has 3 heterocycles. The fraction of sp³-hybridized carbons (Fsp3) is 0.333. The van der Waals surface area contributed by atoms with Gasteiger partial charge in [0.25, 0.3) is 5.78 Å². The van der Waals surface area contributed by atoms with Gasteiger partial charge in [0.15, 0.2) is 5.13 Å². The van der Waals surface area contributed by atoms with Gasteiger partial charge in [-0.25, -0.2) is 9.78 Å². The van der Waals surface area contributed by atoms with Crippen molar-refractivity contribution in [1.82, 2.24) is 4.98 Å². The molecular weight excluding hydrogens is 532 g/mol. The van der Waals surface area contributed by atoms with Crippen LogP contribution in [-0.4, -0.2) is 47.1 Å². The van der Waals surface area contributed by atoms with Crippen molar-refractivity contribution in [2.45, 2.75) is 52.7 Å². The number of aryl methyl sites for hydroxylation is 1. The molecule has 10 heteroatoms. The van der Waals surface area contributed by atoms with Gasteiger partial charge in [0, 0.05) is 12.0 Å². The second-order valence-corrected chi connectivity index (χ2v) is 10.7. The summed E-state index contributed by atoms with van der Waals surface area (Å²) in [6.45, 7) is 7.98. The maximum Gasteiger partial charge on any atom is 0.350 e. The van der Waals surface area contributed by atoms with Crippen LogP contribution in [0.25, 0.3) is 5.76 Å². The number of ketones is 1. The zero-order chi connectivity index (χ0) is 28.6. The minimum Gasteiger partial charge on any atom is -0.507 e. The Labute approximate surface area is 236 Å². The summed E-state index contributed by atoms with van der Waals surface area (Å²) >= 11 is 0.968. The monoisotopic (exact) mass is 562 g/mol. The SMILES string of the molecule is CCCOc1cccc([C@@H]2C(=C(O)c3ccc4c(c3)C[C@H](C)O4)C(=O)C(=O)N2c2nc(C)c(C(=O)OCC)s2)c1. The van der Waals surface area contributed by atoms with Crippen LogP contribution in [0.1, 0.15) is 65.3 Å². The van der Waals surface area contributed by atoms with E-state index in [2.05, 4.69) is 4.98 Å². The highest BCUT2D eigenvalue weighted by Gasteiger charge is 2.48. The standard InChI is InChI=1S/C30H30N2O7S/c1-5-12-38-21-9-7-8-18(15-21)24-23(25(33)19-10-11-22-20(14-19)13-16(3)39-22)26(34)28(35)32(24)30-31-17(4)27(40-30)29(36)37-6-2/h7-11,14-16,24,33H,5-6,12-13H2,1-4H3/t16-,24+/m0/s1. The van der Waals surface area contributed by atoms with Crippen LogP contribution >= 0.6 is 11.3 Å². The van der Waals surface area contributed by atoms with Crippen molar-refractivity contribution in [3.8, 4) is 11.5 Å². The first kappa shape index (κ1) is 27.4. The third-order valence-electron chi connectivity index (χ3n) is 6.71. The Morgan fingerprint density at radius 2 is 2.00 bits per heavy atom. The lowest BCUT2D eigenvalue weighted by molar-refractivity contribution is -0.132. The molecule has 0 unspecified atom stereocenters. The number of esters is 1. The summed E-state index contributed by atoms with van der Waals surface area (Å²) in [6, 6.07) is 11.3. The molecule has 0 bridgehead atoms. The molecule has 0 saturated carbocycles. The van der Waals surface area contributed by atoms with Crippen LogP contribution in [0.2, 0.25) is 0 Å². The van der Waals surface area contributed by atoms with Crippen molar-refractivity contribution in [2.75, 3.05) is 18.1 Å². The lowest BCUT2D eigenvalue weighted by atomic mass is 9.94. The molecule has 1 saturated heterocycles. The minimum atomic E-state index is -1.01. The molecule has 0 radical (unpaired) electrons. The Morgan fingerprint density at radius 3 is 2.75 bits per heavy atom. The molecule has 5 rings (SSSR count). The number of ether oxygens (including phenoxy) is 3. The van der Waals surface area contributed by atoms with E-state index < -0.39 is 23.7 Å². The molecule has 40 heavy (non-hydrogen) atoms. The van der Waals surface area contributed by atoms with E-state index in [-0.39, 0.29) is 34.1 Å². The highest BCUT2D eigenvalue weighted by atomic mass is 32.1. The first-order chi connectivity index (χ1) is 19.2. The molecular formula is C30H30N2O7S. The zero-order valence-corrected chi connectivity index (χ0v) is 23.5. The number of amides is 1. The van der Waals surface area contributed by atoms with Crippen molar-refractivity contribution in [2.24, 2.45) is 0 Å². The predicted molar refractivity (Wildman–Crippen MR) is 150 cm³/mol. The van der Waals surface area contributed by atoms with E-state index in [1.165, 1.54) is 4.90 Å². The van der Waals surface area contributed by atoms with Crippen molar-refractivity contribution < 1.29 is 33.7 Å². The summed E-state index contributed by atoms with van der Waals surface area (Å²) in [5.41, 5.74) is 2.17. The molecule has 1 amide bonds. The molecule has 208 valence electrons. The van der Waals surface area contributed by atoms with Gasteiger partial charge in [0.1, 0.15) is 28.2 Å². The van der Waals surface area contributed by atoms with E-state index in [1.807, 2.05) is 13.8 Å². The van der Waals surface area contributed by atoms with Crippen molar-refractivity contribution >= 4 is 39.9 Å². The number of Topliss-reactive ketones (excluding diaryl/α,β-unsaturated/α-hetero) is 1. The van der Waals surface area contributed by atoms with E-state index in [1.54, 1.807) is 56.3 Å². The Balaban J connectivity index is 1.66. The number of aromatic nitrogens is 1. The van der Waals surface area contributed by atoms with Gasteiger partial charge < -0.3 is 19.3 Å². The summed E-state index contributed by atoms with van der Waals surface area (Å²) < 4.78 is 16.7. The number of hydrogen-bond donors (Lipinski definition) is 1. The highest BCUT2D eigenvalue weighted by Crippen LogP contribution is 2.45. The average Bonchev–Trinajstić information content (AvgIpc) is 3.59. The van der Waals surface area contributed by atoms with Gasteiger partial charge >= 0.3 is 11.9 Å². The second kappa shape index (κ2) is 11.1. The average molecular weight is 563 g/mol.